The molecule has 1 N–H and O–H groups in total. The van der Waals surface area contributed by atoms with Crippen LogP contribution in [-0.2, 0) is 11.3 Å². The summed E-state index contributed by atoms with van der Waals surface area (Å²) in [5.74, 6) is 0.662. The van der Waals surface area contributed by atoms with Crippen LogP contribution in [0.15, 0.2) is 48.8 Å². The Morgan fingerprint density at radius 1 is 1.31 bits per heavy atom. The Bertz CT molecular complexity index is 952. The molecule has 0 spiro atoms. The zero-order chi connectivity index (χ0) is 18.1. The van der Waals surface area contributed by atoms with Gasteiger partial charge in [-0.15, -0.1) is 0 Å². The first-order valence-electron chi connectivity index (χ1n) is 8.24. The topological polar surface area (TPSA) is 69.0 Å². The van der Waals surface area contributed by atoms with Crippen LogP contribution in [0.2, 0.25) is 0 Å². The maximum atomic E-state index is 13.4. The first-order chi connectivity index (χ1) is 12.6. The molecular weight excluding hydrogens is 335 g/mol. The number of benzene rings is 1. The molecule has 6 nitrogen and oxygen atoms in total. The SMILES string of the molecule is COc1ccc([C@@H]2CC(=O)Nc3c2cnn3Cc2cccc(F)c2)cn1. The van der Waals surface area contributed by atoms with Gasteiger partial charge in [0.15, 0.2) is 0 Å². The van der Waals surface area contributed by atoms with Crippen molar-refractivity contribution in [3.63, 3.8) is 0 Å². The minimum absolute atomic E-state index is 0.0840. The van der Waals surface area contributed by atoms with Crippen molar-refractivity contribution in [3.8, 4) is 5.88 Å². The maximum absolute atomic E-state index is 13.4. The lowest BCUT2D eigenvalue weighted by Gasteiger charge is -2.23. The minimum atomic E-state index is -0.297. The second-order valence-electron chi connectivity index (χ2n) is 6.17. The molecule has 7 heteroatoms. The summed E-state index contributed by atoms with van der Waals surface area (Å²) in [4.78, 5) is 16.5. The van der Waals surface area contributed by atoms with E-state index in [9.17, 15) is 9.18 Å². The summed E-state index contributed by atoms with van der Waals surface area (Å²) in [5, 5.41) is 7.29. The van der Waals surface area contributed by atoms with Gasteiger partial charge >= 0.3 is 0 Å². The fourth-order valence-corrected chi connectivity index (χ4v) is 3.21. The van der Waals surface area contributed by atoms with E-state index in [0.717, 1.165) is 16.7 Å². The Labute approximate surface area is 149 Å². The van der Waals surface area contributed by atoms with Gasteiger partial charge in [-0.1, -0.05) is 18.2 Å². The number of anilines is 1. The van der Waals surface area contributed by atoms with Crippen LogP contribution in [0.25, 0.3) is 0 Å². The first-order valence-corrected chi connectivity index (χ1v) is 8.24. The average Bonchev–Trinajstić information content (AvgIpc) is 3.04. The summed E-state index contributed by atoms with van der Waals surface area (Å²) in [5.41, 5.74) is 2.62. The number of hydrogen-bond donors (Lipinski definition) is 1. The zero-order valence-electron chi connectivity index (χ0n) is 14.1. The van der Waals surface area contributed by atoms with Crippen LogP contribution in [0.1, 0.15) is 29.0 Å². The molecule has 0 aliphatic carbocycles. The molecule has 132 valence electrons. The molecule has 1 aromatic carbocycles. The third kappa shape index (κ3) is 3.03. The lowest BCUT2D eigenvalue weighted by atomic mass is 9.88. The van der Waals surface area contributed by atoms with Crippen molar-refractivity contribution in [3.05, 3.63) is 71.3 Å². The Balaban J connectivity index is 1.68. The van der Waals surface area contributed by atoms with E-state index < -0.39 is 0 Å². The fraction of sp³-hybridized carbons (Fsp3) is 0.211. The van der Waals surface area contributed by atoms with E-state index >= 15 is 0 Å². The minimum Gasteiger partial charge on any atom is -0.481 e. The molecule has 1 aliphatic heterocycles. The first kappa shape index (κ1) is 16.3. The van der Waals surface area contributed by atoms with Crippen molar-refractivity contribution in [1.82, 2.24) is 14.8 Å². The summed E-state index contributed by atoms with van der Waals surface area (Å²) >= 11 is 0. The highest BCUT2D eigenvalue weighted by molar-refractivity contribution is 5.94. The number of aromatic nitrogens is 3. The van der Waals surface area contributed by atoms with Gasteiger partial charge in [0.25, 0.3) is 0 Å². The van der Waals surface area contributed by atoms with Gasteiger partial charge in [0.1, 0.15) is 11.6 Å². The van der Waals surface area contributed by atoms with E-state index in [0.29, 0.717) is 24.7 Å². The van der Waals surface area contributed by atoms with Gasteiger partial charge in [-0.05, 0) is 23.3 Å². The van der Waals surface area contributed by atoms with Gasteiger partial charge in [0, 0.05) is 30.2 Å². The molecular formula is C19H17FN4O2. The average molecular weight is 352 g/mol. The summed E-state index contributed by atoms with van der Waals surface area (Å²) in [6, 6.07) is 10.0. The number of rotatable bonds is 4. The van der Waals surface area contributed by atoms with Crippen molar-refractivity contribution in [2.24, 2.45) is 0 Å². The largest absolute Gasteiger partial charge is 0.481 e. The van der Waals surface area contributed by atoms with Crippen molar-refractivity contribution in [1.29, 1.82) is 0 Å². The summed E-state index contributed by atoms with van der Waals surface area (Å²) < 4.78 is 20.2. The summed E-state index contributed by atoms with van der Waals surface area (Å²) in [6.07, 6.45) is 3.80. The molecule has 0 fully saturated rings. The van der Waals surface area contributed by atoms with Gasteiger partial charge in [0.05, 0.1) is 19.9 Å². The van der Waals surface area contributed by atoms with Crippen LogP contribution in [0.5, 0.6) is 5.88 Å². The number of methoxy groups -OCH3 is 1. The zero-order valence-corrected chi connectivity index (χ0v) is 14.1. The van der Waals surface area contributed by atoms with Crippen LogP contribution >= 0.6 is 0 Å². The monoisotopic (exact) mass is 352 g/mol. The molecule has 26 heavy (non-hydrogen) atoms. The lowest BCUT2D eigenvalue weighted by Crippen LogP contribution is -2.25. The van der Waals surface area contributed by atoms with Gasteiger partial charge in [-0.3, -0.25) is 4.79 Å². The van der Waals surface area contributed by atoms with Crippen molar-refractivity contribution < 1.29 is 13.9 Å². The van der Waals surface area contributed by atoms with Crippen molar-refractivity contribution >= 4 is 11.7 Å². The quantitative estimate of drug-likeness (QED) is 0.784. The predicted octanol–water partition coefficient (Wildman–Crippen LogP) is 2.95. The van der Waals surface area contributed by atoms with Crippen LogP contribution in [0.4, 0.5) is 10.2 Å². The molecule has 0 unspecified atom stereocenters. The van der Waals surface area contributed by atoms with Crippen molar-refractivity contribution in [2.45, 2.75) is 18.9 Å². The number of halogens is 1. The van der Waals surface area contributed by atoms with Crippen molar-refractivity contribution in [2.75, 3.05) is 12.4 Å². The number of carbonyl (C=O) groups excluding carboxylic acids is 1. The molecule has 2 aromatic heterocycles. The van der Waals surface area contributed by atoms with Gasteiger partial charge in [-0.2, -0.15) is 5.10 Å². The number of ether oxygens (including phenoxy) is 1. The second kappa shape index (κ2) is 6.59. The van der Waals surface area contributed by atoms with Gasteiger partial charge in [0.2, 0.25) is 11.8 Å². The molecule has 0 radical (unpaired) electrons. The molecule has 4 rings (SSSR count). The molecule has 0 bridgehead atoms. The van der Waals surface area contributed by atoms with E-state index in [1.807, 2.05) is 12.1 Å². The smallest absolute Gasteiger partial charge is 0.226 e. The van der Waals surface area contributed by atoms with E-state index in [2.05, 4.69) is 15.4 Å². The Morgan fingerprint density at radius 3 is 2.92 bits per heavy atom. The highest BCUT2D eigenvalue weighted by atomic mass is 19.1. The van der Waals surface area contributed by atoms with Crippen LogP contribution in [0.3, 0.4) is 0 Å². The molecule has 3 aromatic rings. The maximum Gasteiger partial charge on any atom is 0.226 e. The predicted molar refractivity (Wildman–Crippen MR) is 93.6 cm³/mol. The normalized spacial score (nSPS) is 16.1. The number of nitrogens with zero attached hydrogens (tertiary/aromatic N) is 3. The molecule has 1 amide bonds. The number of hydrogen-bond acceptors (Lipinski definition) is 4. The number of amides is 1. The molecule has 1 atom stereocenters. The second-order valence-corrected chi connectivity index (χ2v) is 6.17. The Hall–Kier alpha value is -3.22. The lowest BCUT2D eigenvalue weighted by molar-refractivity contribution is -0.116. The van der Waals surface area contributed by atoms with E-state index in [4.69, 9.17) is 4.74 Å². The number of carbonyl (C=O) groups is 1. The van der Waals surface area contributed by atoms with Gasteiger partial charge in [-0.25, -0.2) is 14.1 Å². The van der Waals surface area contributed by atoms with Crippen LogP contribution in [0, 0.1) is 5.82 Å². The molecule has 0 saturated heterocycles. The summed E-state index contributed by atoms with van der Waals surface area (Å²) in [6.45, 7) is 0.376. The van der Waals surface area contributed by atoms with E-state index in [1.165, 1.54) is 12.1 Å². The van der Waals surface area contributed by atoms with E-state index in [1.54, 1.807) is 36.3 Å². The number of fused-ring (bicyclic) bond motifs is 1. The molecule has 0 saturated carbocycles. The molecule has 1 aliphatic rings. The number of pyridine rings is 1. The number of nitrogens with one attached hydrogen (secondary N) is 1. The Kier molecular flexibility index (Phi) is 4.12. The third-order valence-corrected chi connectivity index (χ3v) is 4.48. The highest BCUT2D eigenvalue weighted by Gasteiger charge is 2.30. The van der Waals surface area contributed by atoms with E-state index in [-0.39, 0.29) is 17.6 Å². The molecule has 3 heterocycles. The highest BCUT2D eigenvalue weighted by Crippen LogP contribution is 2.37. The Morgan fingerprint density at radius 2 is 2.19 bits per heavy atom. The fourth-order valence-electron chi connectivity index (χ4n) is 3.21. The summed E-state index contributed by atoms with van der Waals surface area (Å²) in [7, 11) is 1.56. The van der Waals surface area contributed by atoms with Gasteiger partial charge < -0.3 is 10.1 Å². The third-order valence-electron chi connectivity index (χ3n) is 4.48. The van der Waals surface area contributed by atoms with Crippen LogP contribution in [-0.4, -0.2) is 27.8 Å². The standard InChI is InChI=1S/C19H17FN4O2/c1-26-18-6-5-13(9-21-18)15-8-17(25)23-19-16(15)10-22-24(19)11-12-3-2-4-14(20)7-12/h2-7,9-10,15H,8,11H2,1H3,(H,23,25)/t15-/m0/s1. The van der Waals surface area contributed by atoms with Crippen LogP contribution < -0.4 is 10.1 Å².